The fourth-order valence-electron chi connectivity index (χ4n) is 2.05. The van der Waals surface area contributed by atoms with E-state index in [-0.39, 0.29) is 5.91 Å². The molecular formula is C15H12N2O4. The molecule has 0 spiro atoms. The molecule has 1 aromatic heterocycles. The van der Waals surface area contributed by atoms with Crippen molar-refractivity contribution in [2.24, 2.45) is 0 Å². The van der Waals surface area contributed by atoms with Gasteiger partial charge in [-0.05, 0) is 24.3 Å². The Bertz CT molecular complexity index is 863. The van der Waals surface area contributed by atoms with Crippen molar-refractivity contribution in [1.82, 2.24) is 4.98 Å². The van der Waals surface area contributed by atoms with Crippen LogP contribution in [0, 0.1) is 0 Å². The number of carbonyl (C=O) groups excluding carboxylic acids is 1. The topological polar surface area (TPSA) is 84.3 Å². The molecular weight excluding hydrogens is 272 g/mol. The van der Waals surface area contributed by atoms with Gasteiger partial charge in [0.05, 0.1) is 18.2 Å². The summed E-state index contributed by atoms with van der Waals surface area (Å²) < 4.78 is 10.1. The second-order valence-corrected chi connectivity index (χ2v) is 4.38. The largest absolute Gasteiger partial charge is 0.496 e. The molecule has 0 radical (unpaired) electrons. The predicted molar refractivity (Wildman–Crippen MR) is 77.8 cm³/mol. The highest BCUT2D eigenvalue weighted by Crippen LogP contribution is 2.21. The molecule has 0 aliphatic rings. The quantitative estimate of drug-likeness (QED) is 0.773. The third-order valence-corrected chi connectivity index (χ3v) is 3.03. The Balaban J connectivity index is 1.90. The van der Waals surface area contributed by atoms with Crippen molar-refractivity contribution >= 4 is 22.7 Å². The summed E-state index contributed by atoms with van der Waals surface area (Å²) in [6, 6.07) is 11.9. The van der Waals surface area contributed by atoms with Crippen molar-refractivity contribution in [2.45, 2.75) is 0 Å². The average Bonchev–Trinajstić information content (AvgIpc) is 2.86. The van der Waals surface area contributed by atoms with Crippen LogP contribution in [0.2, 0.25) is 0 Å². The van der Waals surface area contributed by atoms with Crippen LogP contribution in [0.3, 0.4) is 0 Å². The van der Waals surface area contributed by atoms with E-state index in [0.717, 1.165) is 0 Å². The molecule has 106 valence electrons. The summed E-state index contributed by atoms with van der Waals surface area (Å²) in [7, 11) is 1.51. The summed E-state index contributed by atoms with van der Waals surface area (Å²) in [5, 5.41) is 2.74. The molecule has 3 aromatic rings. The van der Waals surface area contributed by atoms with Gasteiger partial charge in [-0.1, -0.05) is 12.1 Å². The number of carbonyl (C=O) groups is 1. The van der Waals surface area contributed by atoms with E-state index in [0.29, 0.717) is 28.1 Å². The Morgan fingerprint density at radius 1 is 1.24 bits per heavy atom. The van der Waals surface area contributed by atoms with Crippen molar-refractivity contribution in [3.05, 3.63) is 58.6 Å². The fraction of sp³-hybridized carbons (Fsp3) is 0.0667. The molecule has 2 N–H and O–H groups in total. The Hall–Kier alpha value is -3.02. The van der Waals surface area contributed by atoms with Crippen molar-refractivity contribution < 1.29 is 13.9 Å². The van der Waals surface area contributed by atoms with Crippen LogP contribution in [0.1, 0.15) is 10.4 Å². The van der Waals surface area contributed by atoms with Gasteiger partial charge in [0, 0.05) is 11.8 Å². The third-order valence-electron chi connectivity index (χ3n) is 3.03. The SMILES string of the molecule is COc1ccccc1C(=O)Nc1ccc2[nH]c(=O)oc2c1. The van der Waals surface area contributed by atoms with Gasteiger partial charge in [-0.25, -0.2) is 4.79 Å². The van der Waals surface area contributed by atoms with Crippen LogP contribution in [-0.4, -0.2) is 18.0 Å². The van der Waals surface area contributed by atoms with Gasteiger partial charge >= 0.3 is 5.76 Å². The number of methoxy groups -OCH3 is 1. The molecule has 1 heterocycles. The molecule has 2 aromatic carbocycles. The van der Waals surface area contributed by atoms with E-state index in [1.54, 1.807) is 42.5 Å². The number of aromatic nitrogens is 1. The number of para-hydroxylation sites is 1. The first-order chi connectivity index (χ1) is 10.2. The molecule has 1 amide bonds. The number of oxazole rings is 1. The van der Waals surface area contributed by atoms with Gasteiger partial charge in [-0.15, -0.1) is 0 Å². The molecule has 0 aliphatic carbocycles. The Labute approximate surface area is 119 Å². The second-order valence-electron chi connectivity index (χ2n) is 4.38. The number of hydrogen-bond donors (Lipinski definition) is 2. The highest BCUT2D eigenvalue weighted by atomic mass is 16.5. The number of aromatic amines is 1. The van der Waals surface area contributed by atoms with Crippen LogP contribution in [0.25, 0.3) is 11.1 Å². The lowest BCUT2D eigenvalue weighted by Crippen LogP contribution is -2.12. The van der Waals surface area contributed by atoms with Gasteiger partial charge in [-0.2, -0.15) is 0 Å². The number of nitrogens with one attached hydrogen (secondary N) is 2. The number of fused-ring (bicyclic) bond motifs is 1. The number of anilines is 1. The van der Waals surface area contributed by atoms with Crippen molar-refractivity contribution in [1.29, 1.82) is 0 Å². The highest BCUT2D eigenvalue weighted by molar-refractivity contribution is 6.06. The minimum Gasteiger partial charge on any atom is -0.496 e. The summed E-state index contributed by atoms with van der Waals surface area (Å²) in [5.41, 5.74) is 1.92. The van der Waals surface area contributed by atoms with E-state index in [1.165, 1.54) is 7.11 Å². The van der Waals surface area contributed by atoms with E-state index in [1.807, 2.05) is 0 Å². The summed E-state index contributed by atoms with van der Waals surface area (Å²) in [5.74, 6) is -0.341. The maximum Gasteiger partial charge on any atom is 0.417 e. The predicted octanol–water partition coefficient (Wildman–Crippen LogP) is 2.38. The molecule has 0 saturated heterocycles. The number of benzene rings is 2. The summed E-state index contributed by atoms with van der Waals surface area (Å²) >= 11 is 0. The number of ether oxygens (including phenoxy) is 1. The van der Waals surface area contributed by atoms with Crippen LogP contribution < -0.4 is 15.8 Å². The van der Waals surface area contributed by atoms with Gasteiger partial charge in [-0.3, -0.25) is 9.78 Å². The fourth-order valence-corrected chi connectivity index (χ4v) is 2.05. The summed E-state index contributed by atoms with van der Waals surface area (Å²) in [6.45, 7) is 0. The lowest BCUT2D eigenvalue weighted by Gasteiger charge is -2.08. The molecule has 0 atom stereocenters. The van der Waals surface area contributed by atoms with Crippen LogP contribution in [-0.2, 0) is 0 Å². The lowest BCUT2D eigenvalue weighted by molar-refractivity contribution is 0.102. The molecule has 0 aliphatic heterocycles. The number of amides is 1. The van der Waals surface area contributed by atoms with E-state index in [4.69, 9.17) is 9.15 Å². The molecule has 0 saturated carbocycles. The Kier molecular flexibility index (Phi) is 3.19. The molecule has 0 bridgehead atoms. The minimum atomic E-state index is -0.529. The van der Waals surface area contributed by atoms with Crippen molar-refractivity contribution in [2.75, 3.05) is 12.4 Å². The van der Waals surface area contributed by atoms with Gasteiger partial charge in [0.15, 0.2) is 5.58 Å². The zero-order chi connectivity index (χ0) is 14.8. The monoisotopic (exact) mass is 284 g/mol. The van der Waals surface area contributed by atoms with E-state index in [2.05, 4.69) is 10.3 Å². The average molecular weight is 284 g/mol. The number of H-pyrrole nitrogens is 1. The van der Waals surface area contributed by atoms with Crippen LogP contribution in [0.5, 0.6) is 5.75 Å². The molecule has 3 rings (SSSR count). The number of hydrogen-bond acceptors (Lipinski definition) is 4. The second kappa shape index (κ2) is 5.16. The molecule has 6 heteroatoms. The Morgan fingerprint density at radius 3 is 2.86 bits per heavy atom. The van der Waals surface area contributed by atoms with Crippen LogP contribution >= 0.6 is 0 Å². The van der Waals surface area contributed by atoms with E-state index in [9.17, 15) is 9.59 Å². The molecule has 21 heavy (non-hydrogen) atoms. The zero-order valence-corrected chi connectivity index (χ0v) is 11.2. The first-order valence-electron chi connectivity index (χ1n) is 6.24. The van der Waals surface area contributed by atoms with E-state index < -0.39 is 5.76 Å². The Morgan fingerprint density at radius 2 is 2.05 bits per heavy atom. The summed E-state index contributed by atoms with van der Waals surface area (Å²) in [6.07, 6.45) is 0. The maximum absolute atomic E-state index is 12.2. The minimum absolute atomic E-state index is 0.301. The first-order valence-corrected chi connectivity index (χ1v) is 6.24. The zero-order valence-electron chi connectivity index (χ0n) is 11.2. The lowest BCUT2D eigenvalue weighted by atomic mass is 10.2. The molecule has 6 nitrogen and oxygen atoms in total. The smallest absolute Gasteiger partial charge is 0.417 e. The van der Waals surface area contributed by atoms with Gasteiger partial charge in [0.2, 0.25) is 0 Å². The molecule has 0 fully saturated rings. The van der Waals surface area contributed by atoms with Gasteiger partial charge in [0.1, 0.15) is 5.75 Å². The summed E-state index contributed by atoms with van der Waals surface area (Å²) in [4.78, 5) is 25.9. The van der Waals surface area contributed by atoms with Crippen molar-refractivity contribution in [3.63, 3.8) is 0 Å². The normalized spacial score (nSPS) is 10.5. The highest BCUT2D eigenvalue weighted by Gasteiger charge is 2.12. The van der Waals surface area contributed by atoms with Crippen molar-refractivity contribution in [3.8, 4) is 5.75 Å². The third kappa shape index (κ3) is 2.51. The first kappa shape index (κ1) is 13.0. The van der Waals surface area contributed by atoms with Gasteiger partial charge < -0.3 is 14.5 Å². The van der Waals surface area contributed by atoms with Crippen LogP contribution in [0.4, 0.5) is 5.69 Å². The maximum atomic E-state index is 12.2. The van der Waals surface area contributed by atoms with Gasteiger partial charge in [0.25, 0.3) is 5.91 Å². The van der Waals surface area contributed by atoms with E-state index >= 15 is 0 Å². The number of rotatable bonds is 3. The van der Waals surface area contributed by atoms with Crippen LogP contribution in [0.15, 0.2) is 51.7 Å². The standard InChI is InChI=1S/C15H12N2O4/c1-20-12-5-3-2-4-10(12)14(18)16-9-6-7-11-13(8-9)21-15(19)17-11/h2-8H,1H3,(H,16,18)(H,17,19). The molecule has 0 unspecified atom stereocenters.